The summed E-state index contributed by atoms with van der Waals surface area (Å²) in [6, 6.07) is 14.3. The van der Waals surface area contributed by atoms with Gasteiger partial charge in [0.25, 0.3) is 5.56 Å². The molecule has 0 amide bonds. The largest absolute Gasteiger partial charge is 0.497 e. The van der Waals surface area contributed by atoms with Gasteiger partial charge in [-0.3, -0.25) is 13.9 Å². The second kappa shape index (κ2) is 8.97. The van der Waals surface area contributed by atoms with Crippen LogP contribution in [0.1, 0.15) is 12.3 Å². The third-order valence-electron chi connectivity index (χ3n) is 4.97. The number of benzene rings is 2. The minimum atomic E-state index is -0.427. The van der Waals surface area contributed by atoms with Gasteiger partial charge < -0.3 is 14.0 Å². The highest BCUT2D eigenvalue weighted by molar-refractivity contribution is 5.77. The first-order valence-corrected chi connectivity index (χ1v) is 9.80. The quantitative estimate of drug-likeness (QED) is 0.402. The molecule has 160 valence electrons. The molecule has 0 bridgehead atoms. The highest BCUT2D eigenvalue weighted by Gasteiger charge is 2.16. The van der Waals surface area contributed by atoms with Crippen molar-refractivity contribution in [1.29, 1.82) is 0 Å². The maximum atomic E-state index is 13.1. The predicted molar refractivity (Wildman–Crippen MR) is 114 cm³/mol. The highest BCUT2D eigenvalue weighted by atomic mass is 16.5. The van der Waals surface area contributed by atoms with Crippen LogP contribution in [0.5, 0.6) is 5.75 Å². The molecule has 4 aromatic rings. The first kappa shape index (κ1) is 20.5. The van der Waals surface area contributed by atoms with E-state index in [9.17, 15) is 9.59 Å². The van der Waals surface area contributed by atoms with Gasteiger partial charge >= 0.3 is 5.69 Å². The molecule has 2 aromatic carbocycles. The summed E-state index contributed by atoms with van der Waals surface area (Å²) in [6.45, 7) is 0.762. The summed E-state index contributed by atoms with van der Waals surface area (Å²) in [5.41, 5.74) is 0.531. The standard InChI is InChI=1S/C22H22N4O5/c1-29-13-5-12-25-21(27)17-6-3-4-7-18(17)26(22(25)28)14-19-23-20(24-31-19)15-8-10-16(30-2)11-9-15/h3-4,6-11H,5,12-14H2,1-2H3. The van der Waals surface area contributed by atoms with Crippen LogP contribution in [-0.2, 0) is 17.8 Å². The minimum Gasteiger partial charge on any atom is -0.497 e. The SMILES string of the molecule is COCCCn1c(=O)c2ccccc2n(Cc2nc(-c3ccc(OC)cc3)no2)c1=O. The minimum absolute atomic E-state index is 0.0487. The zero-order chi connectivity index (χ0) is 21.8. The molecule has 9 nitrogen and oxygen atoms in total. The lowest BCUT2D eigenvalue weighted by molar-refractivity contribution is 0.189. The number of methoxy groups -OCH3 is 2. The van der Waals surface area contributed by atoms with Crippen molar-refractivity contribution in [3.05, 3.63) is 75.3 Å². The topological polar surface area (TPSA) is 101 Å². The van der Waals surface area contributed by atoms with Gasteiger partial charge in [-0.25, -0.2) is 4.79 Å². The first-order chi connectivity index (χ1) is 15.1. The number of fused-ring (bicyclic) bond motifs is 1. The molecular formula is C22H22N4O5. The Bertz CT molecular complexity index is 1300. The summed E-state index contributed by atoms with van der Waals surface area (Å²) < 4.78 is 18.3. The number of ether oxygens (including phenoxy) is 2. The molecular weight excluding hydrogens is 400 g/mol. The molecule has 2 heterocycles. The third-order valence-corrected chi connectivity index (χ3v) is 4.97. The molecule has 4 rings (SSSR count). The number of hydrogen-bond acceptors (Lipinski definition) is 7. The molecule has 0 radical (unpaired) electrons. The average molecular weight is 422 g/mol. The normalized spacial score (nSPS) is 11.2. The number of hydrogen-bond donors (Lipinski definition) is 0. The maximum Gasteiger partial charge on any atom is 0.331 e. The Morgan fingerprint density at radius 1 is 1.00 bits per heavy atom. The van der Waals surface area contributed by atoms with Crippen molar-refractivity contribution in [3.63, 3.8) is 0 Å². The summed E-state index contributed by atoms with van der Waals surface area (Å²) in [5.74, 6) is 1.39. The number of aromatic nitrogens is 4. The molecule has 9 heteroatoms. The fourth-order valence-corrected chi connectivity index (χ4v) is 3.40. The van der Waals surface area contributed by atoms with Gasteiger partial charge in [-0.1, -0.05) is 17.3 Å². The molecule has 0 fully saturated rings. The summed E-state index contributed by atoms with van der Waals surface area (Å²) in [4.78, 5) is 30.4. The van der Waals surface area contributed by atoms with Crippen LogP contribution in [0.25, 0.3) is 22.3 Å². The van der Waals surface area contributed by atoms with Crippen molar-refractivity contribution in [2.45, 2.75) is 19.5 Å². The van der Waals surface area contributed by atoms with E-state index in [1.807, 2.05) is 12.1 Å². The smallest absolute Gasteiger partial charge is 0.331 e. The van der Waals surface area contributed by atoms with Crippen molar-refractivity contribution in [2.75, 3.05) is 20.8 Å². The molecule has 0 unspecified atom stereocenters. The van der Waals surface area contributed by atoms with Crippen molar-refractivity contribution in [2.24, 2.45) is 0 Å². The van der Waals surface area contributed by atoms with Crippen LogP contribution in [-0.4, -0.2) is 40.1 Å². The Labute approximate surface area is 177 Å². The lowest BCUT2D eigenvalue weighted by Gasteiger charge is -2.12. The van der Waals surface area contributed by atoms with Gasteiger partial charge in [0.05, 0.1) is 18.0 Å². The Morgan fingerprint density at radius 2 is 1.77 bits per heavy atom. The van der Waals surface area contributed by atoms with E-state index >= 15 is 0 Å². The summed E-state index contributed by atoms with van der Waals surface area (Å²) in [5, 5.41) is 4.47. The third kappa shape index (κ3) is 4.13. The van der Waals surface area contributed by atoms with Crippen LogP contribution in [0, 0.1) is 0 Å². The second-order valence-corrected chi connectivity index (χ2v) is 6.93. The first-order valence-electron chi connectivity index (χ1n) is 9.80. The Morgan fingerprint density at radius 3 is 2.52 bits per heavy atom. The van der Waals surface area contributed by atoms with E-state index in [0.29, 0.717) is 29.8 Å². The van der Waals surface area contributed by atoms with Gasteiger partial charge in [-0.15, -0.1) is 0 Å². The summed E-state index contributed by atoms with van der Waals surface area (Å²) >= 11 is 0. The van der Waals surface area contributed by atoms with E-state index < -0.39 is 5.69 Å². The van der Waals surface area contributed by atoms with Crippen LogP contribution in [0.15, 0.2) is 62.6 Å². The number of para-hydroxylation sites is 1. The van der Waals surface area contributed by atoms with Gasteiger partial charge in [0.1, 0.15) is 12.3 Å². The molecule has 0 aliphatic heterocycles. The van der Waals surface area contributed by atoms with Crippen LogP contribution in [0.4, 0.5) is 0 Å². The van der Waals surface area contributed by atoms with Gasteiger partial charge in [-0.2, -0.15) is 4.98 Å². The molecule has 0 N–H and O–H groups in total. The molecule has 0 aliphatic carbocycles. The fourth-order valence-electron chi connectivity index (χ4n) is 3.40. The number of rotatable bonds is 8. The fraction of sp³-hybridized carbons (Fsp3) is 0.273. The van der Waals surface area contributed by atoms with Crippen LogP contribution in [0.3, 0.4) is 0 Å². The van der Waals surface area contributed by atoms with Crippen LogP contribution < -0.4 is 16.0 Å². The molecule has 31 heavy (non-hydrogen) atoms. The van der Waals surface area contributed by atoms with Gasteiger partial charge in [0, 0.05) is 25.8 Å². The predicted octanol–water partition coefficient (Wildman–Crippen LogP) is 2.31. The summed E-state index contributed by atoms with van der Waals surface area (Å²) in [6.07, 6.45) is 0.548. The molecule has 2 aromatic heterocycles. The molecule has 0 saturated carbocycles. The summed E-state index contributed by atoms with van der Waals surface area (Å²) in [7, 11) is 3.18. The molecule has 0 aliphatic rings. The Kier molecular flexibility index (Phi) is 5.94. The number of nitrogens with zero attached hydrogens (tertiary/aromatic N) is 4. The van der Waals surface area contributed by atoms with Crippen molar-refractivity contribution >= 4 is 10.9 Å². The lowest BCUT2D eigenvalue weighted by Crippen LogP contribution is -2.40. The molecule has 0 atom stereocenters. The molecule has 0 saturated heterocycles. The lowest BCUT2D eigenvalue weighted by atomic mass is 10.2. The van der Waals surface area contributed by atoms with E-state index in [-0.39, 0.29) is 24.5 Å². The van der Waals surface area contributed by atoms with E-state index in [1.54, 1.807) is 50.6 Å². The zero-order valence-corrected chi connectivity index (χ0v) is 17.3. The Balaban J connectivity index is 1.72. The van der Waals surface area contributed by atoms with E-state index in [1.165, 1.54) is 9.13 Å². The average Bonchev–Trinajstić information content (AvgIpc) is 3.28. The zero-order valence-electron chi connectivity index (χ0n) is 17.3. The van der Waals surface area contributed by atoms with Gasteiger partial charge in [-0.05, 0) is 42.8 Å². The molecule has 0 spiro atoms. The van der Waals surface area contributed by atoms with Crippen LogP contribution in [0.2, 0.25) is 0 Å². The Hall–Kier alpha value is -3.72. The van der Waals surface area contributed by atoms with E-state index in [2.05, 4.69) is 10.1 Å². The van der Waals surface area contributed by atoms with Crippen molar-refractivity contribution in [3.8, 4) is 17.1 Å². The van der Waals surface area contributed by atoms with Crippen LogP contribution >= 0.6 is 0 Å². The van der Waals surface area contributed by atoms with Crippen molar-refractivity contribution in [1.82, 2.24) is 19.3 Å². The van der Waals surface area contributed by atoms with E-state index in [4.69, 9.17) is 14.0 Å². The van der Waals surface area contributed by atoms with Gasteiger partial charge in [0.15, 0.2) is 0 Å². The van der Waals surface area contributed by atoms with Gasteiger partial charge in [0.2, 0.25) is 11.7 Å². The maximum absolute atomic E-state index is 13.1. The highest BCUT2D eigenvalue weighted by Crippen LogP contribution is 2.20. The monoisotopic (exact) mass is 422 g/mol. The second-order valence-electron chi connectivity index (χ2n) is 6.93. The van der Waals surface area contributed by atoms with E-state index in [0.717, 1.165) is 11.3 Å². The van der Waals surface area contributed by atoms with Crippen molar-refractivity contribution < 1.29 is 14.0 Å².